The average molecular weight is 375 g/mol. The Morgan fingerprint density at radius 3 is 2.85 bits per heavy atom. The molecule has 2 heterocycles. The summed E-state index contributed by atoms with van der Waals surface area (Å²) >= 11 is 1.24. The Morgan fingerprint density at radius 1 is 1.35 bits per heavy atom. The molecule has 1 aromatic carbocycles. The molecule has 2 aromatic rings. The summed E-state index contributed by atoms with van der Waals surface area (Å²) in [4.78, 5) is 41.7. The summed E-state index contributed by atoms with van der Waals surface area (Å²) in [7, 11) is 3.48. The first-order chi connectivity index (χ1) is 12.3. The number of fused-ring (bicyclic) bond motifs is 1. The van der Waals surface area contributed by atoms with Crippen molar-refractivity contribution in [2.45, 2.75) is 6.54 Å². The minimum Gasteiger partial charge on any atom is -0.465 e. The van der Waals surface area contributed by atoms with Gasteiger partial charge in [-0.05, 0) is 11.6 Å². The molecule has 26 heavy (non-hydrogen) atoms. The molecular weight excluding hydrogens is 358 g/mol. The van der Waals surface area contributed by atoms with Crippen LogP contribution in [0, 0.1) is 0 Å². The van der Waals surface area contributed by atoms with Gasteiger partial charge in [0.1, 0.15) is 6.54 Å². The zero-order chi connectivity index (χ0) is 18.8. The number of benzene rings is 1. The number of carboxylic acid groups (broad SMARTS) is 1. The predicted octanol–water partition coefficient (Wildman–Crippen LogP) is 2.02. The first kappa shape index (κ1) is 17.7. The van der Waals surface area contributed by atoms with Crippen LogP contribution in [0.15, 0.2) is 23.6 Å². The van der Waals surface area contributed by atoms with Gasteiger partial charge >= 0.3 is 12.1 Å². The smallest absolute Gasteiger partial charge is 0.405 e. The molecular formula is C16H17N5O4S. The van der Waals surface area contributed by atoms with Crippen LogP contribution in [0.4, 0.5) is 20.4 Å². The van der Waals surface area contributed by atoms with E-state index in [0.29, 0.717) is 17.4 Å². The average Bonchev–Trinajstić information content (AvgIpc) is 3.06. The molecule has 4 amide bonds. The standard InChI is InChI=1S/C16H17N5O4S/c1-20-7-10-4-3-9(5-12(10)21(2)16(20)25)11-8-26-14(18-11)19-13(22)6-17-15(23)24/h3-5,8,17H,6-7H2,1-2H3,(H,23,24)(H,18,19,22). The number of anilines is 2. The summed E-state index contributed by atoms with van der Waals surface area (Å²) in [6.45, 7) is 0.206. The number of nitrogens with one attached hydrogen (secondary N) is 2. The third-order valence-electron chi connectivity index (χ3n) is 3.91. The molecule has 0 bridgehead atoms. The van der Waals surface area contributed by atoms with Crippen molar-refractivity contribution in [3.05, 3.63) is 29.1 Å². The minimum absolute atomic E-state index is 0.0770. The largest absolute Gasteiger partial charge is 0.465 e. The van der Waals surface area contributed by atoms with Gasteiger partial charge in [-0.1, -0.05) is 12.1 Å². The maximum absolute atomic E-state index is 12.1. The second kappa shape index (κ2) is 7.00. The Bertz CT molecular complexity index is 881. The van der Waals surface area contributed by atoms with Crippen LogP contribution in [-0.4, -0.2) is 53.7 Å². The number of hydrogen-bond acceptors (Lipinski definition) is 5. The minimum atomic E-state index is -1.27. The fourth-order valence-corrected chi connectivity index (χ4v) is 3.37. The molecule has 0 saturated carbocycles. The number of thiazole rings is 1. The third kappa shape index (κ3) is 3.59. The van der Waals surface area contributed by atoms with Crippen LogP contribution in [0.5, 0.6) is 0 Å². The SMILES string of the molecule is CN1Cc2ccc(-c3csc(NC(=O)CNC(=O)O)n3)cc2N(C)C1=O. The maximum Gasteiger partial charge on any atom is 0.405 e. The van der Waals surface area contributed by atoms with Crippen molar-refractivity contribution in [3.63, 3.8) is 0 Å². The number of urea groups is 1. The molecule has 1 aliphatic rings. The van der Waals surface area contributed by atoms with E-state index >= 15 is 0 Å². The highest BCUT2D eigenvalue weighted by atomic mass is 32.1. The predicted molar refractivity (Wildman–Crippen MR) is 97.5 cm³/mol. The van der Waals surface area contributed by atoms with Gasteiger partial charge in [0.05, 0.1) is 11.4 Å². The molecule has 0 spiro atoms. The molecule has 0 saturated heterocycles. The number of carbonyl (C=O) groups excluding carboxylic acids is 2. The number of amides is 4. The molecule has 3 N–H and O–H groups in total. The quantitative estimate of drug-likeness (QED) is 0.756. The molecule has 0 atom stereocenters. The normalized spacial score (nSPS) is 13.4. The molecule has 1 aliphatic heterocycles. The fraction of sp³-hybridized carbons (Fsp3) is 0.250. The van der Waals surface area contributed by atoms with E-state index in [1.807, 2.05) is 23.5 Å². The Hall–Kier alpha value is -3.14. The van der Waals surface area contributed by atoms with Gasteiger partial charge in [-0.3, -0.25) is 9.69 Å². The molecule has 0 aliphatic carbocycles. The van der Waals surface area contributed by atoms with Crippen molar-refractivity contribution in [3.8, 4) is 11.3 Å². The van der Waals surface area contributed by atoms with Crippen molar-refractivity contribution in [2.75, 3.05) is 30.9 Å². The molecule has 10 heteroatoms. The van der Waals surface area contributed by atoms with Gasteiger partial charge in [-0.2, -0.15) is 0 Å². The monoisotopic (exact) mass is 375 g/mol. The van der Waals surface area contributed by atoms with Crippen LogP contribution in [-0.2, 0) is 11.3 Å². The lowest BCUT2D eigenvalue weighted by Crippen LogP contribution is -2.42. The van der Waals surface area contributed by atoms with Crippen LogP contribution in [0.1, 0.15) is 5.56 Å². The van der Waals surface area contributed by atoms with E-state index in [-0.39, 0.29) is 12.6 Å². The van der Waals surface area contributed by atoms with E-state index in [1.54, 1.807) is 29.3 Å². The molecule has 0 fully saturated rings. The summed E-state index contributed by atoms with van der Waals surface area (Å²) in [5.41, 5.74) is 3.36. The molecule has 1 aromatic heterocycles. The van der Waals surface area contributed by atoms with E-state index < -0.39 is 12.0 Å². The topological polar surface area (TPSA) is 115 Å². The zero-order valence-corrected chi connectivity index (χ0v) is 15.0. The van der Waals surface area contributed by atoms with Crippen LogP contribution >= 0.6 is 11.3 Å². The van der Waals surface area contributed by atoms with Gasteiger partial charge in [0.2, 0.25) is 5.91 Å². The van der Waals surface area contributed by atoms with Gasteiger partial charge in [0.15, 0.2) is 5.13 Å². The number of rotatable bonds is 4. The number of aromatic nitrogens is 1. The summed E-state index contributed by atoms with van der Waals surface area (Å²) in [5.74, 6) is -0.493. The molecule has 3 rings (SSSR count). The summed E-state index contributed by atoms with van der Waals surface area (Å²) in [6.07, 6.45) is -1.27. The fourth-order valence-electron chi connectivity index (χ4n) is 2.63. The highest BCUT2D eigenvalue weighted by Crippen LogP contribution is 2.33. The van der Waals surface area contributed by atoms with Crippen LogP contribution in [0.25, 0.3) is 11.3 Å². The van der Waals surface area contributed by atoms with Gasteiger partial charge in [0.25, 0.3) is 0 Å². The number of hydrogen-bond donors (Lipinski definition) is 3. The summed E-state index contributed by atoms with van der Waals surface area (Å²) in [6, 6.07) is 5.70. The maximum atomic E-state index is 12.1. The molecule has 9 nitrogen and oxygen atoms in total. The van der Waals surface area contributed by atoms with Crippen molar-refractivity contribution >= 4 is 40.2 Å². The summed E-state index contributed by atoms with van der Waals surface area (Å²) in [5, 5.41) is 15.2. The second-order valence-corrected chi connectivity index (χ2v) is 6.64. The van der Waals surface area contributed by atoms with E-state index in [0.717, 1.165) is 16.8 Å². The van der Waals surface area contributed by atoms with Crippen LogP contribution in [0.2, 0.25) is 0 Å². The first-order valence-electron chi connectivity index (χ1n) is 7.69. The van der Waals surface area contributed by atoms with Gasteiger partial charge < -0.3 is 20.6 Å². The van der Waals surface area contributed by atoms with Crippen LogP contribution < -0.4 is 15.5 Å². The van der Waals surface area contributed by atoms with Gasteiger partial charge in [-0.25, -0.2) is 14.6 Å². The highest BCUT2D eigenvalue weighted by Gasteiger charge is 2.25. The van der Waals surface area contributed by atoms with Crippen molar-refractivity contribution in [2.24, 2.45) is 0 Å². The Balaban J connectivity index is 1.77. The van der Waals surface area contributed by atoms with Gasteiger partial charge in [-0.15, -0.1) is 11.3 Å². The Labute approximate surface area is 153 Å². The molecule has 0 radical (unpaired) electrons. The first-order valence-corrected chi connectivity index (χ1v) is 8.57. The third-order valence-corrected chi connectivity index (χ3v) is 4.67. The van der Waals surface area contributed by atoms with Crippen molar-refractivity contribution in [1.29, 1.82) is 0 Å². The second-order valence-electron chi connectivity index (χ2n) is 5.79. The Morgan fingerprint density at radius 2 is 2.12 bits per heavy atom. The van der Waals surface area contributed by atoms with Crippen molar-refractivity contribution < 1.29 is 19.5 Å². The van der Waals surface area contributed by atoms with Crippen LogP contribution in [0.3, 0.4) is 0 Å². The molecule has 136 valence electrons. The zero-order valence-electron chi connectivity index (χ0n) is 14.1. The Kier molecular flexibility index (Phi) is 4.76. The lowest BCUT2D eigenvalue weighted by atomic mass is 10.0. The molecule has 0 unspecified atom stereocenters. The van der Waals surface area contributed by atoms with Gasteiger partial charge in [0, 0.05) is 31.6 Å². The van der Waals surface area contributed by atoms with E-state index in [4.69, 9.17) is 5.11 Å². The summed E-state index contributed by atoms with van der Waals surface area (Å²) < 4.78 is 0. The lowest BCUT2D eigenvalue weighted by Gasteiger charge is -2.32. The van der Waals surface area contributed by atoms with E-state index in [1.165, 1.54) is 11.3 Å². The lowest BCUT2D eigenvalue weighted by molar-refractivity contribution is -0.115. The number of nitrogens with zero attached hydrogens (tertiary/aromatic N) is 3. The highest BCUT2D eigenvalue weighted by molar-refractivity contribution is 7.14. The van der Waals surface area contributed by atoms with E-state index in [9.17, 15) is 14.4 Å². The van der Waals surface area contributed by atoms with Crippen molar-refractivity contribution in [1.82, 2.24) is 15.2 Å². The number of carbonyl (C=O) groups is 3. The van der Waals surface area contributed by atoms with E-state index in [2.05, 4.69) is 10.3 Å².